The number of rotatable bonds is 3. The van der Waals surface area contributed by atoms with Gasteiger partial charge in [0.05, 0.1) is 16.8 Å². The van der Waals surface area contributed by atoms with Crippen LogP contribution < -0.4 is 5.32 Å². The Morgan fingerprint density at radius 1 is 1.44 bits per heavy atom. The van der Waals surface area contributed by atoms with E-state index in [9.17, 15) is 5.26 Å². The summed E-state index contributed by atoms with van der Waals surface area (Å²) in [6.45, 7) is 4.09. The van der Waals surface area contributed by atoms with E-state index >= 15 is 0 Å². The van der Waals surface area contributed by atoms with Crippen molar-refractivity contribution < 1.29 is 0 Å². The molecular formula is C13H15ClN2. The first-order valence-electron chi connectivity index (χ1n) is 5.45. The number of anilines is 1. The molecule has 0 radical (unpaired) electrons. The van der Waals surface area contributed by atoms with Crippen LogP contribution in [-0.2, 0) is 0 Å². The van der Waals surface area contributed by atoms with Crippen molar-refractivity contribution in [2.75, 3.05) is 5.32 Å². The molecule has 1 N–H and O–H groups in total. The van der Waals surface area contributed by atoms with Gasteiger partial charge in [-0.05, 0) is 31.9 Å². The fraction of sp³-hybridized carbons (Fsp3) is 0.462. The first-order chi connectivity index (χ1) is 7.51. The van der Waals surface area contributed by atoms with E-state index < -0.39 is 5.54 Å². The molecule has 1 atom stereocenters. The van der Waals surface area contributed by atoms with Crippen LogP contribution in [0, 0.1) is 16.7 Å². The smallest absolute Gasteiger partial charge is 0.127 e. The zero-order valence-corrected chi connectivity index (χ0v) is 10.3. The maximum atomic E-state index is 9.36. The highest BCUT2D eigenvalue weighted by Gasteiger charge is 2.53. The maximum Gasteiger partial charge on any atom is 0.127 e. The minimum absolute atomic E-state index is 0.0704. The Morgan fingerprint density at radius 3 is 2.56 bits per heavy atom. The summed E-state index contributed by atoms with van der Waals surface area (Å²) < 4.78 is 0. The molecule has 2 nitrogen and oxygen atoms in total. The number of para-hydroxylation sites is 1. The quantitative estimate of drug-likeness (QED) is 0.863. The maximum absolute atomic E-state index is 9.36. The minimum atomic E-state index is -0.544. The predicted molar refractivity (Wildman–Crippen MR) is 66.4 cm³/mol. The van der Waals surface area contributed by atoms with Crippen LogP contribution in [-0.4, -0.2) is 5.54 Å². The Morgan fingerprint density at radius 2 is 2.06 bits per heavy atom. The van der Waals surface area contributed by atoms with E-state index in [2.05, 4.69) is 18.3 Å². The monoisotopic (exact) mass is 234 g/mol. The van der Waals surface area contributed by atoms with Crippen molar-refractivity contribution in [3.05, 3.63) is 29.3 Å². The zero-order valence-electron chi connectivity index (χ0n) is 9.55. The number of nitriles is 1. The Balaban J connectivity index is 2.27. The van der Waals surface area contributed by atoms with Crippen LogP contribution in [0.4, 0.5) is 5.69 Å². The molecule has 1 aliphatic carbocycles. The Kier molecular flexibility index (Phi) is 2.59. The van der Waals surface area contributed by atoms with Crippen molar-refractivity contribution in [2.24, 2.45) is 5.41 Å². The Labute approximate surface area is 101 Å². The lowest BCUT2D eigenvalue weighted by Crippen LogP contribution is -2.41. The molecule has 1 aliphatic rings. The molecule has 0 spiro atoms. The van der Waals surface area contributed by atoms with E-state index in [1.54, 1.807) is 0 Å². The van der Waals surface area contributed by atoms with Gasteiger partial charge >= 0.3 is 0 Å². The van der Waals surface area contributed by atoms with Gasteiger partial charge in [-0.3, -0.25) is 0 Å². The van der Waals surface area contributed by atoms with Gasteiger partial charge in [0.25, 0.3) is 0 Å². The molecule has 3 heteroatoms. The van der Waals surface area contributed by atoms with Crippen molar-refractivity contribution >= 4 is 17.3 Å². The zero-order chi connectivity index (χ0) is 11.8. The Bertz CT molecular complexity index is 445. The van der Waals surface area contributed by atoms with E-state index in [1.807, 2.05) is 31.2 Å². The van der Waals surface area contributed by atoms with Gasteiger partial charge in [-0.2, -0.15) is 5.26 Å². The highest BCUT2D eigenvalue weighted by atomic mass is 35.5. The number of nitrogens with one attached hydrogen (secondary N) is 1. The molecule has 1 aromatic rings. The fourth-order valence-corrected chi connectivity index (χ4v) is 2.02. The average molecular weight is 235 g/mol. The highest BCUT2D eigenvalue weighted by Crippen LogP contribution is 2.54. The molecule has 0 amide bonds. The summed E-state index contributed by atoms with van der Waals surface area (Å²) in [5.74, 6) is 0. The lowest BCUT2D eigenvalue weighted by atomic mass is 9.85. The van der Waals surface area contributed by atoms with Crippen molar-refractivity contribution in [2.45, 2.75) is 32.2 Å². The van der Waals surface area contributed by atoms with Crippen LogP contribution in [0.15, 0.2) is 24.3 Å². The van der Waals surface area contributed by atoms with Gasteiger partial charge in [-0.25, -0.2) is 0 Å². The largest absolute Gasteiger partial charge is 0.366 e. The lowest BCUT2D eigenvalue weighted by Gasteiger charge is -2.31. The van der Waals surface area contributed by atoms with Crippen LogP contribution in [0.1, 0.15) is 26.7 Å². The van der Waals surface area contributed by atoms with Crippen molar-refractivity contribution in [1.29, 1.82) is 5.26 Å². The Hall–Kier alpha value is -1.20. The predicted octanol–water partition coefficient (Wildman–Crippen LogP) is 3.83. The summed E-state index contributed by atoms with van der Waals surface area (Å²) in [6.07, 6.45) is 2.18. The lowest BCUT2D eigenvalue weighted by molar-refractivity contribution is 0.405. The molecular weight excluding hydrogens is 220 g/mol. The third-order valence-corrected chi connectivity index (χ3v) is 4.02. The van der Waals surface area contributed by atoms with Crippen LogP contribution in [0.25, 0.3) is 0 Å². The van der Waals surface area contributed by atoms with E-state index in [0.717, 1.165) is 18.5 Å². The standard InChI is InChI=1S/C13H15ClN2/c1-12(7-8-12)13(2,9-15)16-11-6-4-3-5-10(11)14/h3-6,16H,7-8H2,1-2H3. The number of halogens is 1. The van der Waals surface area contributed by atoms with Gasteiger partial charge in [0.1, 0.15) is 5.54 Å². The first kappa shape index (κ1) is 11.3. The number of nitrogens with zero attached hydrogens (tertiary/aromatic N) is 1. The molecule has 1 unspecified atom stereocenters. The van der Waals surface area contributed by atoms with Gasteiger partial charge in [0.2, 0.25) is 0 Å². The third-order valence-electron chi connectivity index (χ3n) is 3.69. The summed E-state index contributed by atoms with van der Waals surface area (Å²) in [6, 6.07) is 9.93. The molecule has 1 saturated carbocycles. The van der Waals surface area contributed by atoms with Crippen LogP contribution in [0.2, 0.25) is 5.02 Å². The van der Waals surface area contributed by atoms with Gasteiger partial charge < -0.3 is 5.32 Å². The van der Waals surface area contributed by atoms with Gasteiger partial charge in [-0.15, -0.1) is 0 Å². The van der Waals surface area contributed by atoms with Crippen LogP contribution >= 0.6 is 11.6 Å². The summed E-state index contributed by atoms with van der Waals surface area (Å²) in [4.78, 5) is 0. The van der Waals surface area contributed by atoms with Gasteiger partial charge in [-0.1, -0.05) is 30.7 Å². The second-order valence-electron chi connectivity index (χ2n) is 4.90. The van der Waals surface area contributed by atoms with E-state index in [4.69, 9.17) is 11.6 Å². The molecule has 2 rings (SSSR count). The molecule has 0 aliphatic heterocycles. The number of hydrogen-bond acceptors (Lipinski definition) is 2. The second kappa shape index (κ2) is 3.68. The highest BCUT2D eigenvalue weighted by molar-refractivity contribution is 6.33. The molecule has 0 saturated heterocycles. The molecule has 1 aromatic carbocycles. The van der Waals surface area contributed by atoms with E-state index in [-0.39, 0.29) is 5.41 Å². The number of benzene rings is 1. The first-order valence-corrected chi connectivity index (χ1v) is 5.83. The minimum Gasteiger partial charge on any atom is -0.366 e. The van der Waals surface area contributed by atoms with Crippen LogP contribution in [0.3, 0.4) is 0 Å². The molecule has 0 heterocycles. The summed E-state index contributed by atoms with van der Waals surface area (Å²) in [7, 11) is 0. The molecule has 84 valence electrons. The molecule has 0 aromatic heterocycles. The third kappa shape index (κ3) is 1.76. The van der Waals surface area contributed by atoms with E-state index in [0.29, 0.717) is 5.02 Å². The fourth-order valence-electron chi connectivity index (χ4n) is 1.83. The summed E-state index contributed by atoms with van der Waals surface area (Å²) in [5.41, 5.74) is 0.361. The molecule has 16 heavy (non-hydrogen) atoms. The topological polar surface area (TPSA) is 35.8 Å². The average Bonchev–Trinajstić information content (AvgIpc) is 3.01. The van der Waals surface area contributed by atoms with Crippen molar-refractivity contribution in [1.82, 2.24) is 0 Å². The second-order valence-corrected chi connectivity index (χ2v) is 5.31. The van der Waals surface area contributed by atoms with Crippen molar-refractivity contribution in [3.63, 3.8) is 0 Å². The molecule has 0 bridgehead atoms. The normalized spacial score (nSPS) is 20.6. The summed E-state index contributed by atoms with van der Waals surface area (Å²) >= 11 is 6.09. The van der Waals surface area contributed by atoms with E-state index in [1.165, 1.54) is 0 Å². The van der Waals surface area contributed by atoms with Crippen molar-refractivity contribution in [3.8, 4) is 6.07 Å². The van der Waals surface area contributed by atoms with Gasteiger partial charge in [0, 0.05) is 5.41 Å². The van der Waals surface area contributed by atoms with Crippen LogP contribution in [0.5, 0.6) is 0 Å². The molecule has 1 fully saturated rings. The van der Waals surface area contributed by atoms with Gasteiger partial charge in [0.15, 0.2) is 0 Å². The summed E-state index contributed by atoms with van der Waals surface area (Å²) in [5, 5.41) is 13.3. The SMILES string of the molecule is CC1(C(C)(C#N)Nc2ccccc2Cl)CC1. The number of hydrogen-bond donors (Lipinski definition) is 1.